The second-order valence-electron chi connectivity index (χ2n) is 6.38. The summed E-state index contributed by atoms with van der Waals surface area (Å²) in [4.78, 5) is 3.21. The number of alkyl halides is 3. The minimum Gasteiger partial charge on any atom is -0.354 e. The summed E-state index contributed by atoms with van der Waals surface area (Å²) in [5, 5.41) is 1.34. The first-order valence-electron chi connectivity index (χ1n) is 8.51. The van der Waals surface area contributed by atoms with Crippen molar-refractivity contribution >= 4 is 22.5 Å². The number of nitrogens with one attached hydrogen (secondary N) is 1. The number of fused-ring (bicyclic) bond motifs is 1. The van der Waals surface area contributed by atoms with Crippen LogP contribution in [0.2, 0.25) is 5.02 Å². The van der Waals surface area contributed by atoms with E-state index in [0.29, 0.717) is 23.7 Å². The van der Waals surface area contributed by atoms with Crippen LogP contribution in [0.5, 0.6) is 0 Å². The van der Waals surface area contributed by atoms with E-state index in [1.165, 1.54) is 12.1 Å². The average Bonchev–Trinajstić information content (AvgIpc) is 2.98. The van der Waals surface area contributed by atoms with Crippen molar-refractivity contribution < 1.29 is 13.2 Å². The molecule has 0 fully saturated rings. The van der Waals surface area contributed by atoms with Gasteiger partial charge in [0.1, 0.15) is 0 Å². The van der Waals surface area contributed by atoms with E-state index >= 15 is 0 Å². The number of rotatable bonds is 5. The molecule has 0 bridgehead atoms. The number of aryl methyl sites for hydroxylation is 2. The van der Waals surface area contributed by atoms with Crippen LogP contribution in [0.4, 0.5) is 13.2 Å². The minimum absolute atomic E-state index is 0.148. The molecule has 0 unspecified atom stereocenters. The third-order valence-corrected chi connectivity index (χ3v) is 4.91. The molecule has 6 heteroatoms. The van der Waals surface area contributed by atoms with Crippen LogP contribution in [0.3, 0.4) is 0 Å². The standard InChI is InChI=1S/C20H20ClF3N2/c1-12-9-10-16(21)17-14(7-4-5-11-25)19(26-18(12)17)13-6-2-3-8-15(13)20(22,23)24/h2-3,6,8-10,26H,4-5,7,11,25H2,1H3. The van der Waals surface area contributed by atoms with Gasteiger partial charge in [-0.2, -0.15) is 13.2 Å². The van der Waals surface area contributed by atoms with Crippen LogP contribution >= 0.6 is 11.6 Å². The Bertz CT molecular complexity index is 929. The SMILES string of the molecule is Cc1ccc(Cl)c2c(CCCCN)c(-c3ccccc3C(F)(F)F)[nH]c12. The monoisotopic (exact) mass is 380 g/mol. The fraction of sp³-hybridized carbons (Fsp3) is 0.300. The van der Waals surface area contributed by atoms with Crippen molar-refractivity contribution in [1.29, 1.82) is 0 Å². The number of benzene rings is 2. The largest absolute Gasteiger partial charge is 0.417 e. The molecule has 0 aliphatic carbocycles. The fourth-order valence-corrected chi connectivity index (χ4v) is 3.61. The lowest BCUT2D eigenvalue weighted by molar-refractivity contribution is -0.137. The Labute approximate surface area is 155 Å². The van der Waals surface area contributed by atoms with Crippen molar-refractivity contribution in [3.05, 3.63) is 58.1 Å². The molecule has 0 saturated carbocycles. The van der Waals surface area contributed by atoms with Gasteiger partial charge in [0.05, 0.1) is 21.8 Å². The van der Waals surface area contributed by atoms with Crippen molar-refractivity contribution in [2.75, 3.05) is 6.54 Å². The van der Waals surface area contributed by atoms with Gasteiger partial charge in [-0.3, -0.25) is 0 Å². The van der Waals surface area contributed by atoms with E-state index < -0.39 is 11.7 Å². The first kappa shape index (κ1) is 18.8. The Morgan fingerprint density at radius 1 is 1.08 bits per heavy atom. The Balaban J connectivity index is 2.28. The third-order valence-electron chi connectivity index (χ3n) is 4.60. The van der Waals surface area contributed by atoms with Crippen LogP contribution in [-0.2, 0) is 12.6 Å². The van der Waals surface area contributed by atoms with Crippen molar-refractivity contribution in [3.63, 3.8) is 0 Å². The molecule has 3 N–H and O–H groups in total. The predicted octanol–water partition coefficient (Wildman–Crippen LogP) is 6.10. The second kappa shape index (κ2) is 7.33. The zero-order valence-electron chi connectivity index (χ0n) is 14.4. The molecule has 1 heterocycles. The van der Waals surface area contributed by atoms with Crippen LogP contribution in [0.15, 0.2) is 36.4 Å². The number of H-pyrrole nitrogens is 1. The molecule has 0 saturated heterocycles. The molecule has 3 rings (SSSR count). The lowest BCUT2D eigenvalue weighted by Crippen LogP contribution is -2.07. The lowest BCUT2D eigenvalue weighted by atomic mass is 9.96. The molecular weight excluding hydrogens is 361 g/mol. The van der Waals surface area contributed by atoms with Crippen molar-refractivity contribution in [3.8, 4) is 11.3 Å². The number of hydrogen-bond donors (Lipinski definition) is 2. The number of aromatic amines is 1. The highest BCUT2D eigenvalue weighted by Crippen LogP contribution is 2.42. The van der Waals surface area contributed by atoms with Gasteiger partial charge in [-0.05, 0) is 56.0 Å². The van der Waals surface area contributed by atoms with Crippen LogP contribution in [0, 0.1) is 6.92 Å². The van der Waals surface area contributed by atoms with Crippen molar-refractivity contribution in [1.82, 2.24) is 4.98 Å². The van der Waals surface area contributed by atoms with E-state index in [-0.39, 0.29) is 5.56 Å². The van der Waals surface area contributed by atoms with Crippen molar-refractivity contribution in [2.24, 2.45) is 5.73 Å². The summed E-state index contributed by atoms with van der Waals surface area (Å²) in [6.45, 7) is 2.46. The van der Waals surface area contributed by atoms with E-state index in [4.69, 9.17) is 17.3 Å². The molecule has 1 aromatic heterocycles. The highest BCUT2D eigenvalue weighted by molar-refractivity contribution is 6.36. The number of halogens is 4. The summed E-state index contributed by atoms with van der Waals surface area (Å²) in [6.07, 6.45) is -2.23. The molecule has 2 nitrogen and oxygen atoms in total. The normalized spacial score (nSPS) is 12.1. The van der Waals surface area contributed by atoms with Gasteiger partial charge in [0.25, 0.3) is 0 Å². The van der Waals surface area contributed by atoms with E-state index in [1.807, 2.05) is 13.0 Å². The van der Waals surface area contributed by atoms with Gasteiger partial charge in [0.2, 0.25) is 0 Å². The maximum Gasteiger partial charge on any atom is 0.417 e. The molecule has 0 spiro atoms. The molecule has 0 aliphatic rings. The second-order valence-corrected chi connectivity index (χ2v) is 6.79. The maximum absolute atomic E-state index is 13.5. The van der Waals surface area contributed by atoms with Crippen LogP contribution < -0.4 is 5.73 Å². The van der Waals surface area contributed by atoms with Gasteiger partial charge < -0.3 is 10.7 Å². The smallest absolute Gasteiger partial charge is 0.354 e. The molecule has 0 amide bonds. The molecule has 26 heavy (non-hydrogen) atoms. The lowest BCUT2D eigenvalue weighted by Gasteiger charge is -2.13. The quantitative estimate of drug-likeness (QED) is 0.516. The zero-order valence-corrected chi connectivity index (χ0v) is 15.1. The van der Waals surface area contributed by atoms with Crippen molar-refractivity contribution in [2.45, 2.75) is 32.4 Å². The van der Waals surface area contributed by atoms with Crippen LogP contribution in [-0.4, -0.2) is 11.5 Å². The number of unbranched alkanes of at least 4 members (excludes halogenated alkanes) is 1. The highest BCUT2D eigenvalue weighted by Gasteiger charge is 2.34. The van der Waals surface area contributed by atoms with Gasteiger partial charge >= 0.3 is 6.18 Å². The van der Waals surface area contributed by atoms with E-state index in [1.54, 1.807) is 12.1 Å². The Morgan fingerprint density at radius 3 is 2.50 bits per heavy atom. The minimum atomic E-state index is -4.43. The zero-order chi connectivity index (χ0) is 18.9. The Hall–Kier alpha value is -1.98. The number of hydrogen-bond acceptors (Lipinski definition) is 1. The van der Waals surface area contributed by atoms with E-state index in [9.17, 15) is 13.2 Å². The van der Waals surface area contributed by atoms with E-state index in [2.05, 4.69) is 4.98 Å². The first-order chi connectivity index (χ1) is 12.3. The summed E-state index contributed by atoms with van der Waals surface area (Å²) in [7, 11) is 0. The maximum atomic E-state index is 13.5. The van der Waals surface area contributed by atoms with Crippen LogP contribution in [0.25, 0.3) is 22.2 Å². The van der Waals surface area contributed by atoms with Gasteiger partial charge in [0.15, 0.2) is 0 Å². The van der Waals surface area contributed by atoms with Gasteiger partial charge in [-0.1, -0.05) is 35.9 Å². The average molecular weight is 381 g/mol. The molecule has 0 atom stereocenters. The van der Waals surface area contributed by atoms with Gasteiger partial charge in [0, 0.05) is 10.9 Å². The third kappa shape index (κ3) is 3.46. The first-order valence-corrected chi connectivity index (χ1v) is 8.88. The molecule has 0 aliphatic heterocycles. The summed E-state index contributed by atoms with van der Waals surface area (Å²) in [5.41, 5.74) is 8.11. The predicted molar refractivity (Wildman–Crippen MR) is 100 cm³/mol. The molecule has 0 radical (unpaired) electrons. The molecule has 138 valence electrons. The number of aromatic nitrogens is 1. The van der Waals surface area contributed by atoms with Crippen LogP contribution in [0.1, 0.15) is 29.5 Å². The van der Waals surface area contributed by atoms with Gasteiger partial charge in [-0.15, -0.1) is 0 Å². The molecule has 2 aromatic carbocycles. The Morgan fingerprint density at radius 2 is 1.81 bits per heavy atom. The molecule has 3 aromatic rings. The molecular formula is C20H20ClF3N2. The van der Waals surface area contributed by atoms with E-state index in [0.717, 1.165) is 40.9 Å². The summed E-state index contributed by atoms with van der Waals surface area (Å²) >= 11 is 6.41. The topological polar surface area (TPSA) is 41.8 Å². The summed E-state index contributed by atoms with van der Waals surface area (Å²) < 4.78 is 40.6. The fourth-order valence-electron chi connectivity index (χ4n) is 3.34. The summed E-state index contributed by atoms with van der Waals surface area (Å²) in [6, 6.07) is 9.29. The highest BCUT2D eigenvalue weighted by atomic mass is 35.5. The van der Waals surface area contributed by atoms with Gasteiger partial charge in [-0.25, -0.2) is 0 Å². The number of nitrogens with two attached hydrogens (primary N) is 1. The Kier molecular flexibility index (Phi) is 5.30. The summed E-state index contributed by atoms with van der Waals surface area (Å²) in [5.74, 6) is 0.